The molecule has 0 aliphatic carbocycles. The summed E-state index contributed by atoms with van der Waals surface area (Å²) < 4.78 is 1.96. The minimum Gasteiger partial charge on any atom is -0.315 e. The smallest absolute Gasteiger partial charge is 0.147 e. The van der Waals surface area contributed by atoms with Gasteiger partial charge in [-0.25, -0.2) is 9.67 Å². The number of nitrogens with zero attached hydrogens (tertiary/aromatic N) is 3. The Balaban J connectivity index is 2.09. The summed E-state index contributed by atoms with van der Waals surface area (Å²) in [5.41, 5.74) is 0. The normalized spacial score (nSPS) is 11.3. The monoisotopic (exact) mass is 224 g/mol. The molecule has 0 radical (unpaired) electrons. The van der Waals surface area contributed by atoms with Gasteiger partial charge in [-0.3, -0.25) is 0 Å². The third-order valence-corrected chi connectivity index (χ3v) is 2.60. The zero-order valence-corrected chi connectivity index (χ0v) is 11.0. The zero-order chi connectivity index (χ0) is 12.0. The van der Waals surface area contributed by atoms with Crippen molar-refractivity contribution in [3.63, 3.8) is 0 Å². The molecule has 0 aliphatic heterocycles. The van der Waals surface area contributed by atoms with Crippen molar-refractivity contribution in [2.75, 3.05) is 13.1 Å². The Morgan fingerprint density at radius 1 is 1.25 bits per heavy atom. The van der Waals surface area contributed by atoms with E-state index >= 15 is 0 Å². The van der Waals surface area contributed by atoms with Gasteiger partial charge in [0.25, 0.3) is 0 Å². The Hall–Kier alpha value is -0.900. The van der Waals surface area contributed by atoms with Gasteiger partial charge in [-0.2, -0.15) is 5.10 Å². The maximum atomic E-state index is 4.32. The second kappa shape index (κ2) is 6.63. The molecule has 1 heterocycles. The molecular weight excluding hydrogens is 200 g/mol. The molecule has 0 aromatic carbocycles. The first-order valence-corrected chi connectivity index (χ1v) is 6.18. The summed E-state index contributed by atoms with van der Waals surface area (Å²) in [5, 5.41) is 7.76. The molecule has 1 N–H and O–H groups in total. The van der Waals surface area contributed by atoms with E-state index < -0.39 is 0 Å². The highest BCUT2D eigenvalue weighted by atomic mass is 15.3. The highest BCUT2D eigenvalue weighted by Gasteiger charge is 2.01. The summed E-state index contributed by atoms with van der Waals surface area (Å²) in [7, 11) is 0. The topological polar surface area (TPSA) is 42.7 Å². The molecule has 1 aromatic rings. The second-order valence-electron chi connectivity index (χ2n) is 4.72. The van der Waals surface area contributed by atoms with Crippen molar-refractivity contribution < 1.29 is 0 Å². The summed E-state index contributed by atoms with van der Waals surface area (Å²) in [6.45, 7) is 11.4. The summed E-state index contributed by atoms with van der Waals surface area (Å²) in [6.07, 6.45) is 2.56. The molecule has 0 atom stereocenters. The van der Waals surface area contributed by atoms with E-state index in [2.05, 4.69) is 29.2 Å². The van der Waals surface area contributed by atoms with Crippen molar-refractivity contribution >= 4 is 0 Å². The molecule has 1 aromatic heterocycles. The van der Waals surface area contributed by atoms with E-state index in [9.17, 15) is 0 Å². The van der Waals surface area contributed by atoms with Gasteiger partial charge in [0.2, 0.25) is 0 Å². The van der Waals surface area contributed by atoms with Gasteiger partial charge in [0.1, 0.15) is 11.6 Å². The molecule has 1 rings (SSSR count). The van der Waals surface area contributed by atoms with E-state index in [1.807, 2.05) is 18.5 Å². The fourth-order valence-corrected chi connectivity index (χ4v) is 1.72. The van der Waals surface area contributed by atoms with Crippen LogP contribution in [0.2, 0.25) is 0 Å². The van der Waals surface area contributed by atoms with Gasteiger partial charge >= 0.3 is 0 Å². The molecule has 0 bridgehead atoms. The third kappa shape index (κ3) is 4.75. The summed E-state index contributed by atoms with van der Waals surface area (Å²) in [6, 6.07) is 0. The first kappa shape index (κ1) is 13.2. The van der Waals surface area contributed by atoms with Crippen molar-refractivity contribution in [2.24, 2.45) is 5.92 Å². The van der Waals surface area contributed by atoms with Crippen molar-refractivity contribution in [2.45, 2.75) is 47.1 Å². The lowest BCUT2D eigenvalue weighted by atomic mass is 10.1. The number of aromatic nitrogens is 3. The van der Waals surface area contributed by atoms with E-state index in [1.54, 1.807) is 0 Å². The lowest BCUT2D eigenvalue weighted by Crippen LogP contribution is -2.22. The second-order valence-corrected chi connectivity index (χ2v) is 4.72. The van der Waals surface area contributed by atoms with Gasteiger partial charge in [-0.05, 0) is 39.2 Å². The third-order valence-electron chi connectivity index (χ3n) is 2.60. The van der Waals surface area contributed by atoms with Crippen LogP contribution < -0.4 is 5.32 Å². The predicted molar refractivity (Wildman–Crippen MR) is 66.4 cm³/mol. The Morgan fingerprint density at radius 2 is 2.00 bits per heavy atom. The molecule has 0 saturated carbocycles. The summed E-state index contributed by atoms with van der Waals surface area (Å²) >= 11 is 0. The van der Waals surface area contributed by atoms with Gasteiger partial charge in [-0.1, -0.05) is 13.8 Å². The van der Waals surface area contributed by atoms with Crippen LogP contribution in [0.15, 0.2) is 0 Å². The van der Waals surface area contributed by atoms with Crippen LogP contribution >= 0.6 is 0 Å². The van der Waals surface area contributed by atoms with E-state index in [0.717, 1.165) is 37.2 Å². The lowest BCUT2D eigenvalue weighted by molar-refractivity contribution is 0.499. The van der Waals surface area contributed by atoms with Gasteiger partial charge in [-0.15, -0.1) is 0 Å². The molecule has 0 fully saturated rings. The molecule has 16 heavy (non-hydrogen) atoms. The number of nitrogens with one attached hydrogen (secondary N) is 1. The first-order chi connectivity index (χ1) is 7.59. The average Bonchev–Trinajstić information content (AvgIpc) is 2.50. The maximum Gasteiger partial charge on any atom is 0.147 e. The Bertz CT molecular complexity index is 304. The van der Waals surface area contributed by atoms with E-state index in [1.165, 1.54) is 12.8 Å². The number of hydrogen-bond acceptors (Lipinski definition) is 3. The zero-order valence-electron chi connectivity index (χ0n) is 11.0. The number of rotatable bonds is 7. The van der Waals surface area contributed by atoms with E-state index in [4.69, 9.17) is 0 Å². The van der Waals surface area contributed by atoms with Crippen molar-refractivity contribution in [1.82, 2.24) is 20.1 Å². The summed E-state index contributed by atoms with van der Waals surface area (Å²) in [5.74, 6) is 2.67. The molecule has 0 saturated heterocycles. The molecule has 92 valence electrons. The standard InChI is InChI=1S/C12H24N4/c1-10(2)6-5-7-13-8-9-16-12(4)14-11(3)15-16/h10,13H,5-9H2,1-4H3. The van der Waals surface area contributed by atoms with Crippen LogP contribution in [-0.2, 0) is 6.54 Å². The SMILES string of the molecule is Cc1nc(C)n(CCNCCCC(C)C)n1. The van der Waals surface area contributed by atoms with Gasteiger partial charge in [0, 0.05) is 6.54 Å². The highest BCUT2D eigenvalue weighted by molar-refractivity contribution is 4.87. The van der Waals surface area contributed by atoms with Gasteiger partial charge < -0.3 is 5.32 Å². The van der Waals surface area contributed by atoms with Crippen LogP contribution in [-0.4, -0.2) is 27.9 Å². The molecule has 0 spiro atoms. The van der Waals surface area contributed by atoms with Gasteiger partial charge in [0.05, 0.1) is 6.54 Å². The fraction of sp³-hybridized carbons (Fsp3) is 0.833. The largest absolute Gasteiger partial charge is 0.315 e. The Kier molecular flexibility index (Phi) is 5.46. The fourth-order valence-electron chi connectivity index (χ4n) is 1.72. The van der Waals surface area contributed by atoms with Crippen LogP contribution in [0, 0.1) is 19.8 Å². The molecule has 0 unspecified atom stereocenters. The highest BCUT2D eigenvalue weighted by Crippen LogP contribution is 2.01. The van der Waals surface area contributed by atoms with Gasteiger partial charge in [0.15, 0.2) is 0 Å². The summed E-state index contributed by atoms with van der Waals surface area (Å²) in [4.78, 5) is 4.27. The first-order valence-electron chi connectivity index (χ1n) is 6.18. The lowest BCUT2D eigenvalue weighted by Gasteiger charge is -2.07. The van der Waals surface area contributed by atoms with Crippen LogP contribution in [0.1, 0.15) is 38.3 Å². The van der Waals surface area contributed by atoms with Crippen molar-refractivity contribution in [3.8, 4) is 0 Å². The molecule has 4 nitrogen and oxygen atoms in total. The van der Waals surface area contributed by atoms with Crippen LogP contribution in [0.3, 0.4) is 0 Å². The van der Waals surface area contributed by atoms with E-state index in [-0.39, 0.29) is 0 Å². The molecular formula is C12H24N4. The Labute approximate surface area is 98.5 Å². The van der Waals surface area contributed by atoms with Crippen LogP contribution in [0.5, 0.6) is 0 Å². The minimum absolute atomic E-state index is 0.807. The Morgan fingerprint density at radius 3 is 2.56 bits per heavy atom. The maximum absolute atomic E-state index is 4.32. The average molecular weight is 224 g/mol. The minimum atomic E-state index is 0.807. The number of hydrogen-bond donors (Lipinski definition) is 1. The van der Waals surface area contributed by atoms with Crippen LogP contribution in [0.4, 0.5) is 0 Å². The number of aryl methyl sites for hydroxylation is 2. The quantitative estimate of drug-likeness (QED) is 0.720. The van der Waals surface area contributed by atoms with Crippen molar-refractivity contribution in [1.29, 1.82) is 0 Å². The van der Waals surface area contributed by atoms with E-state index in [0.29, 0.717) is 0 Å². The molecule has 0 amide bonds. The van der Waals surface area contributed by atoms with Crippen LogP contribution in [0.25, 0.3) is 0 Å². The molecule has 4 heteroatoms. The van der Waals surface area contributed by atoms with Crippen molar-refractivity contribution in [3.05, 3.63) is 11.6 Å². The predicted octanol–water partition coefficient (Wildman–Crippen LogP) is 1.92. The molecule has 0 aliphatic rings.